The third-order valence-corrected chi connectivity index (χ3v) is 2.76. The molecular formula is C18H19NO2. The maximum Gasteiger partial charge on any atom is 0.200 e. The molecule has 3 heteroatoms. The van der Waals surface area contributed by atoms with Crippen molar-refractivity contribution in [2.45, 2.75) is 0 Å². The molecule has 0 saturated carbocycles. The molecule has 0 N–H and O–H groups in total. The van der Waals surface area contributed by atoms with E-state index in [2.05, 4.69) is 0 Å². The topological polar surface area (TPSA) is 33.5 Å². The predicted molar refractivity (Wildman–Crippen MR) is 87.5 cm³/mol. The van der Waals surface area contributed by atoms with Gasteiger partial charge < -0.3 is 9.32 Å². The number of rotatable bonds is 1. The average molecular weight is 281 g/mol. The van der Waals surface area contributed by atoms with Gasteiger partial charge in [-0.2, -0.15) is 0 Å². The first-order valence-electron chi connectivity index (χ1n) is 6.76. The van der Waals surface area contributed by atoms with E-state index in [4.69, 9.17) is 4.42 Å². The molecule has 0 amide bonds. The minimum Gasteiger partial charge on any atom is -0.463 e. The average Bonchev–Trinajstić information content (AvgIpc) is 2.48. The van der Waals surface area contributed by atoms with Crippen molar-refractivity contribution in [3.05, 3.63) is 71.1 Å². The van der Waals surface area contributed by atoms with Crippen molar-refractivity contribution < 1.29 is 4.42 Å². The molecule has 0 aliphatic heterocycles. The summed E-state index contributed by atoms with van der Waals surface area (Å²) in [4.78, 5) is 14.3. The van der Waals surface area contributed by atoms with Crippen molar-refractivity contribution >= 4 is 11.0 Å². The molecule has 108 valence electrons. The molecule has 0 fully saturated rings. The Morgan fingerprint density at radius 1 is 0.857 bits per heavy atom. The van der Waals surface area contributed by atoms with Gasteiger partial charge in [-0.25, -0.2) is 0 Å². The summed E-state index contributed by atoms with van der Waals surface area (Å²) in [6, 6.07) is 16.8. The zero-order valence-electron chi connectivity index (χ0n) is 12.5. The quantitative estimate of drug-likeness (QED) is 0.683. The summed E-state index contributed by atoms with van der Waals surface area (Å²) < 4.78 is 5.48. The minimum atomic E-state index is 0.0121. The highest BCUT2D eigenvalue weighted by Crippen LogP contribution is 2.18. The number of fused-ring (bicyclic) bond motifs is 1. The lowest BCUT2D eigenvalue weighted by Gasteiger charge is -2.01. The van der Waals surface area contributed by atoms with Crippen LogP contribution in [0.25, 0.3) is 22.1 Å². The Bertz CT molecular complexity index is 758. The number of nitrogens with zero attached hydrogens (tertiary/aromatic N) is 1. The van der Waals surface area contributed by atoms with Crippen LogP contribution < -0.4 is 5.43 Å². The van der Waals surface area contributed by atoms with Crippen LogP contribution >= 0.6 is 0 Å². The Kier molecular flexibility index (Phi) is 4.90. The molecule has 0 spiro atoms. The van der Waals surface area contributed by atoms with Crippen molar-refractivity contribution in [1.29, 1.82) is 0 Å². The highest BCUT2D eigenvalue weighted by Gasteiger charge is 2.07. The third kappa shape index (κ3) is 3.80. The number of hydrogen-bond donors (Lipinski definition) is 0. The monoisotopic (exact) mass is 281 g/mol. The van der Waals surface area contributed by atoms with Crippen LogP contribution in [0, 0.1) is 0 Å². The molecule has 3 nitrogen and oxygen atoms in total. The fourth-order valence-corrected chi connectivity index (χ4v) is 1.89. The molecule has 2 aromatic carbocycles. The van der Waals surface area contributed by atoms with Crippen molar-refractivity contribution in [2.75, 3.05) is 21.1 Å². The van der Waals surface area contributed by atoms with E-state index in [0.29, 0.717) is 16.5 Å². The van der Waals surface area contributed by atoms with Crippen LogP contribution in [0.3, 0.4) is 0 Å². The second kappa shape index (κ2) is 6.86. The molecule has 0 bridgehead atoms. The molecule has 1 heterocycles. The largest absolute Gasteiger partial charge is 0.463 e. The molecule has 0 atom stereocenters. The number of hydrogen-bond acceptors (Lipinski definition) is 3. The lowest BCUT2D eigenvalue weighted by molar-refractivity contribution is 0.505. The van der Waals surface area contributed by atoms with E-state index < -0.39 is 0 Å². The Morgan fingerprint density at radius 3 is 2.10 bits per heavy atom. The van der Waals surface area contributed by atoms with Crippen LogP contribution in [0.1, 0.15) is 0 Å². The van der Waals surface area contributed by atoms with E-state index in [1.54, 1.807) is 12.1 Å². The zero-order valence-corrected chi connectivity index (χ0v) is 12.5. The molecule has 3 aromatic rings. The Morgan fingerprint density at radius 2 is 1.43 bits per heavy atom. The number of para-hydroxylation sites is 1. The van der Waals surface area contributed by atoms with Crippen LogP contribution in [-0.2, 0) is 0 Å². The lowest BCUT2D eigenvalue weighted by atomic mass is 10.1. The lowest BCUT2D eigenvalue weighted by Crippen LogP contribution is -2.04. The van der Waals surface area contributed by atoms with E-state index in [0.717, 1.165) is 5.56 Å². The second-order valence-electron chi connectivity index (χ2n) is 5.18. The van der Waals surface area contributed by atoms with Crippen LogP contribution in [0.4, 0.5) is 0 Å². The summed E-state index contributed by atoms with van der Waals surface area (Å²) in [6.45, 7) is 0. The van der Waals surface area contributed by atoms with Crippen LogP contribution in [0.5, 0.6) is 0 Å². The highest BCUT2D eigenvalue weighted by molar-refractivity contribution is 5.81. The maximum absolute atomic E-state index is 12.3. The van der Waals surface area contributed by atoms with Crippen LogP contribution in [0.2, 0.25) is 0 Å². The Labute approximate surface area is 124 Å². The zero-order chi connectivity index (χ0) is 15.2. The van der Waals surface area contributed by atoms with E-state index in [1.807, 2.05) is 68.5 Å². The van der Waals surface area contributed by atoms with Gasteiger partial charge in [-0.1, -0.05) is 42.5 Å². The summed E-state index contributed by atoms with van der Waals surface area (Å²) in [5.74, 6) is 0. The SMILES string of the molecule is CN(C)C.O=c1c(-c2ccccc2)coc2ccccc12. The molecule has 0 aliphatic rings. The van der Waals surface area contributed by atoms with E-state index >= 15 is 0 Å². The van der Waals surface area contributed by atoms with Crippen molar-refractivity contribution in [3.8, 4) is 11.1 Å². The normalized spacial score (nSPS) is 10.3. The Balaban J connectivity index is 0.000000361. The van der Waals surface area contributed by atoms with Crippen LogP contribution in [0.15, 0.2) is 70.1 Å². The molecule has 3 rings (SSSR count). The summed E-state index contributed by atoms with van der Waals surface area (Å²) >= 11 is 0. The fourth-order valence-electron chi connectivity index (χ4n) is 1.89. The maximum atomic E-state index is 12.3. The summed E-state index contributed by atoms with van der Waals surface area (Å²) in [6.07, 6.45) is 1.53. The van der Waals surface area contributed by atoms with Crippen molar-refractivity contribution in [3.63, 3.8) is 0 Å². The third-order valence-electron chi connectivity index (χ3n) is 2.76. The first kappa shape index (κ1) is 15.0. The van der Waals surface area contributed by atoms with Gasteiger partial charge in [-0.15, -0.1) is 0 Å². The highest BCUT2D eigenvalue weighted by atomic mass is 16.3. The molecule has 0 unspecified atom stereocenters. The van der Waals surface area contributed by atoms with Gasteiger partial charge in [0.05, 0.1) is 10.9 Å². The smallest absolute Gasteiger partial charge is 0.200 e. The molecule has 21 heavy (non-hydrogen) atoms. The number of benzene rings is 2. The van der Waals surface area contributed by atoms with Gasteiger partial charge in [0.2, 0.25) is 0 Å². The summed E-state index contributed by atoms with van der Waals surface area (Å²) in [5, 5.41) is 0.619. The van der Waals surface area contributed by atoms with E-state index in [-0.39, 0.29) is 5.43 Å². The summed E-state index contributed by atoms with van der Waals surface area (Å²) in [7, 11) is 6.00. The second-order valence-corrected chi connectivity index (χ2v) is 5.18. The fraction of sp³-hybridized carbons (Fsp3) is 0.167. The van der Waals surface area contributed by atoms with Gasteiger partial charge in [-0.05, 0) is 38.8 Å². The van der Waals surface area contributed by atoms with Crippen LogP contribution in [-0.4, -0.2) is 26.0 Å². The molecule has 1 aromatic heterocycles. The van der Waals surface area contributed by atoms with E-state index in [1.165, 1.54) is 6.26 Å². The van der Waals surface area contributed by atoms with Gasteiger partial charge in [0, 0.05) is 0 Å². The summed E-state index contributed by atoms with van der Waals surface area (Å²) in [5.41, 5.74) is 2.12. The standard InChI is InChI=1S/C15H10O2.C3H9N/c16-15-12-8-4-5-9-14(12)17-10-13(15)11-6-2-1-3-7-11;1-4(2)3/h1-10H;1-3H3. The van der Waals surface area contributed by atoms with E-state index in [9.17, 15) is 4.79 Å². The molecule has 0 saturated heterocycles. The first-order valence-corrected chi connectivity index (χ1v) is 6.76. The minimum absolute atomic E-state index is 0.0121. The van der Waals surface area contributed by atoms with Gasteiger partial charge >= 0.3 is 0 Å². The van der Waals surface area contributed by atoms with Gasteiger partial charge in [0.1, 0.15) is 11.8 Å². The van der Waals surface area contributed by atoms with Crippen molar-refractivity contribution in [2.24, 2.45) is 0 Å². The Hall–Kier alpha value is -2.39. The molecule has 0 aliphatic carbocycles. The van der Waals surface area contributed by atoms with Gasteiger partial charge in [-0.3, -0.25) is 4.79 Å². The van der Waals surface area contributed by atoms with Crippen molar-refractivity contribution in [1.82, 2.24) is 4.90 Å². The first-order chi connectivity index (χ1) is 10.1. The molecule has 0 radical (unpaired) electrons. The van der Waals surface area contributed by atoms with Gasteiger partial charge in [0.25, 0.3) is 0 Å². The molecular weight excluding hydrogens is 262 g/mol. The van der Waals surface area contributed by atoms with Gasteiger partial charge in [0.15, 0.2) is 5.43 Å². The predicted octanol–water partition coefficient (Wildman–Crippen LogP) is 3.64.